The van der Waals surface area contributed by atoms with Gasteiger partial charge in [0.15, 0.2) is 5.04 Å². The number of carbonyl (C=O) groups excluding carboxylic acids is 1. The molecule has 9 heteroatoms. The van der Waals surface area contributed by atoms with Gasteiger partial charge < -0.3 is 9.57 Å². The Balaban J connectivity index is 2.44. The van der Waals surface area contributed by atoms with E-state index in [1.54, 1.807) is 20.8 Å². The van der Waals surface area contributed by atoms with Crippen LogP contribution in [0.4, 0.5) is 8.78 Å². The molecular formula is C16H20F2N2O4S. The molecule has 0 amide bonds. The molecule has 0 spiro atoms. The number of halogens is 2. The zero-order valence-electron chi connectivity index (χ0n) is 14.2. The molecule has 138 valence electrons. The minimum Gasteiger partial charge on any atom is -0.465 e. The van der Waals surface area contributed by atoms with Crippen LogP contribution in [0, 0.1) is 11.6 Å². The van der Waals surface area contributed by atoms with Crippen LogP contribution in [0.25, 0.3) is 0 Å². The Kier molecular flexibility index (Phi) is 5.79. The number of benzene rings is 1. The van der Waals surface area contributed by atoms with Gasteiger partial charge in [0.1, 0.15) is 23.8 Å². The summed E-state index contributed by atoms with van der Waals surface area (Å²) >= 11 is 0. The van der Waals surface area contributed by atoms with Crippen molar-refractivity contribution in [2.45, 2.75) is 32.8 Å². The zero-order valence-corrected chi connectivity index (χ0v) is 15.0. The van der Waals surface area contributed by atoms with E-state index in [9.17, 15) is 17.8 Å². The van der Waals surface area contributed by atoms with Crippen molar-refractivity contribution in [1.82, 2.24) is 4.72 Å². The van der Waals surface area contributed by atoms with Crippen LogP contribution >= 0.6 is 0 Å². The number of nitrogens with zero attached hydrogens (tertiary/aromatic N) is 1. The summed E-state index contributed by atoms with van der Waals surface area (Å²) in [6.45, 7) is 4.85. The Bertz CT molecular complexity index is 794. The van der Waals surface area contributed by atoms with E-state index >= 15 is 0 Å². The first-order valence-corrected chi connectivity index (χ1v) is 9.27. The number of oxime groups is 1. The van der Waals surface area contributed by atoms with E-state index < -0.39 is 45.0 Å². The van der Waals surface area contributed by atoms with Gasteiger partial charge in [-0.3, -0.25) is 4.79 Å². The quantitative estimate of drug-likeness (QED) is 0.632. The number of esters is 1. The van der Waals surface area contributed by atoms with Gasteiger partial charge in [-0.15, -0.1) is 0 Å². The van der Waals surface area contributed by atoms with Gasteiger partial charge in [0.2, 0.25) is 0 Å². The van der Waals surface area contributed by atoms with Crippen LogP contribution in [0.5, 0.6) is 0 Å². The lowest BCUT2D eigenvalue weighted by molar-refractivity contribution is -0.141. The first kappa shape index (κ1) is 19.3. The molecule has 6 nitrogen and oxygen atoms in total. The standard InChI is InChI=1S/C16H20F2N2O4S/c1-4-23-15(21)9-19-25(22,14-8-16(2,3)24-20-14)10-11-12(17)6-5-7-13(11)18/h5-7,10H,4,8-9H2,1-3H3,(H,19,22). The molecule has 0 aliphatic carbocycles. The summed E-state index contributed by atoms with van der Waals surface area (Å²) in [6.07, 6.45) is 0.175. The van der Waals surface area contributed by atoms with Crippen LogP contribution in [-0.4, -0.2) is 39.3 Å². The van der Waals surface area contributed by atoms with Gasteiger partial charge in [-0.05, 0) is 32.9 Å². The van der Waals surface area contributed by atoms with Crippen LogP contribution in [0.3, 0.4) is 0 Å². The van der Waals surface area contributed by atoms with E-state index in [4.69, 9.17) is 9.57 Å². The zero-order chi connectivity index (χ0) is 18.7. The van der Waals surface area contributed by atoms with E-state index in [0.29, 0.717) is 0 Å². The van der Waals surface area contributed by atoms with Crippen LogP contribution in [0.15, 0.2) is 23.4 Å². The van der Waals surface area contributed by atoms with Crippen molar-refractivity contribution in [3.05, 3.63) is 35.4 Å². The maximum atomic E-state index is 14.0. The average Bonchev–Trinajstić information content (AvgIpc) is 2.90. The van der Waals surface area contributed by atoms with Gasteiger partial charge in [0.05, 0.1) is 21.9 Å². The topological polar surface area (TPSA) is 77.0 Å². The number of ether oxygens (including phenoxy) is 1. The molecule has 1 atom stereocenters. The molecule has 0 fully saturated rings. The summed E-state index contributed by atoms with van der Waals surface area (Å²) < 4.78 is 48.5. The largest absolute Gasteiger partial charge is 0.465 e. The Morgan fingerprint density at radius 1 is 1.44 bits per heavy atom. The van der Waals surface area contributed by atoms with Gasteiger partial charge in [0.25, 0.3) is 0 Å². The molecule has 0 aromatic heterocycles. The molecule has 0 saturated carbocycles. The fraction of sp³-hybridized carbons (Fsp3) is 0.438. The molecule has 1 N–H and O–H groups in total. The van der Waals surface area contributed by atoms with Crippen molar-refractivity contribution < 1.29 is 27.4 Å². The lowest BCUT2D eigenvalue weighted by atomic mass is 10.1. The van der Waals surface area contributed by atoms with E-state index in [1.807, 2.05) is 0 Å². The second kappa shape index (κ2) is 7.49. The Hall–Kier alpha value is -2.00. The van der Waals surface area contributed by atoms with Gasteiger partial charge in [-0.25, -0.2) is 17.7 Å². The number of hydrogen-bond donors (Lipinski definition) is 1. The molecule has 1 aromatic carbocycles. The van der Waals surface area contributed by atoms with Gasteiger partial charge >= 0.3 is 5.97 Å². The molecule has 0 radical (unpaired) electrons. The maximum absolute atomic E-state index is 14.0. The fourth-order valence-corrected chi connectivity index (χ4v) is 4.11. The number of nitrogens with one attached hydrogen (secondary N) is 1. The van der Waals surface area contributed by atoms with Crippen molar-refractivity contribution >= 4 is 26.1 Å². The van der Waals surface area contributed by atoms with Gasteiger partial charge in [-0.1, -0.05) is 11.2 Å². The molecule has 1 unspecified atom stereocenters. The lowest BCUT2D eigenvalue weighted by Crippen LogP contribution is -2.38. The molecule has 1 aliphatic heterocycles. The highest BCUT2D eigenvalue weighted by Gasteiger charge is 2.34. The Morgan fingerprint density at radius 3 is 2.60 bits per heavy atom. The monoisotopic (exact) mass is 374 g/mol. The second-order valence-electron chi connectivity index (χ2n) is 5.99. The van der Waals surface area contributed by atoms with Crippen molar-refractivity contribution in [2.24, 2.45) is 5.16 Å². The molecule has 0 saturated heterocycles. The smallest absolute Gasteiger partial charge is 0.320 e. The molecule has 25 heavy (non-hydrogen) atoms. The minimum atomic E-state index is -3.38. The van der Waals surface area contributed by atoms with Crippen LogP contribution in [-0.2, 0) is 24.1 Å². The highest BCUT2D eigenvalue weighted by molar-refractivity contribution is 8.13. The average molecular weight is 374 g/mol. The van der Waals surface area contributed by atoms with Crippen molar-refractivity contribution in [3.63, 3.8) is 0 Å². The number of rotatable bonds is 5. The molecule has 2 rings (SSSR count). The maximum Gasteiger partial charge on any atom is 0.320 e. The minimum absolute atomic E-state index is 0.0736. The lowest BCUT2D eigenvalue weighted by Gasteiger charge is -2.15. The third-order valence-corrected chi connectivity index (χ3v) is 5.40. The Labute approximate surface area is 145 Å². The van der Waals surface area contributed by atoms with Crippen LogP contribution in [0.1, 0.15) is 32.8 Å². The summed E-state index contributed by atoms with van der Waals surface area (Å²) in [5.41, 5.74) is -1.16. The first-order chi connectivity index (χ1) is 11.7. The van der Waals surface area contributed by atoms with E-state index in [2.05, 4.69) is 9.88 Å². The number of hydrogen-bond acceptors (Lipinski definition) is 5. The molecule has 1 aromatic rings. The molecular weight excluding hydrogens is 354 g/mol. The van der Waals surface area contributed by atoms with Crippen LogP contribution in [0.2, 0.25) is 0 Å². The predicted molar refractivity (Wildman–Crippen MR) is 91.5 cm³/mol. The second-order valence-corrected chi connectivity index (χ2v) is 8.19. The fourth-order valence-electron chi connectivity index (χ4n) is 2.13. The summed E-state index contributed by atoms with van der Waals surface area (Å²) in [4.78, 5) is 16.8. The van der Waals surface area contributed by atoms with Crippen molar-refractivity contribution in [2.75, 3.05) is 13.2 Å². The summed E-state index contributed by atoms with van der Waals surface area (Å²) in [5.74, 6) is -2.38. The van der Waals surface area contributed by atoms with E-state index in [-0.39, 0.29) is 18.1 Å². The molecule has 0 bridgehead atoms. The van der Waals surface area contributed by atoms with Gasteiger partial charge in [-0.2, -0.15) is 0 Å². The van der Waals surface area contributed by atoms with Crippen molar-refractivity contribution in [1.29, 1.82) is 0 Å². The summed E-state index contributed by atoms with van der Waals surface area (Å²) in [7, 11) is -3.38. The van der Waals surface area contributed by atoms with Crippen molar-refractivity contribution in [3.8, 4) is 0 Å². The molecule has 1 heterocycles. The normalized spacial score (nSPS) is 18.0. The third-order valence-electron chi connectivity index (χ3n) is 3.34. The molecule has 1 aliphatic rings. The Morgan fingerprint density at radius 2 is 2.08 bits per heavy atom. The first-order valence-electron chi connectivity index (χ1n) is 7.65. The highest BCUT2D eigenvalue weighted by Crippen LogP contribution is 2.25. The van der Waals surface area contributed by atoms with E-state index in [0.717, 1.165) is 17.5 Å². The summed E-state index contributed by atoms with van der Waals surface area (Å²) in [6, 6.07) is 3.31. The third kappa shape index (κ3) is 4.76. The highest BCUT2D eigenvalue weighted by atomic mass is 32.2. The number of carbonyl (C=O) groups is 1. The SMILES string of the molecule is CCOC(=O)CNS(=O)(=Cc1c(F)cccc1F)C1=NOC(C)(C)C1. The summed E-state index contributed by atoms with van der Waals surface area (Å²) in [5, 5.41) is 4.78. The predicted octanol–water partition coefficient (Wildman–Crippen LogP) is 1.98. The van der Waals surface area contributed by atoms with Gasteiger partial charge in [0, 0.05) is 11.8 Å². The van der Waals surface area contributed by atoms with Crippen LogP contribution < -0.4 is 4.72 Å². The van der Waals surface area contributed by atoms with E-state index in [1.165, 1.54) is 6.07 Å².